The number of rotatable bonds is 1. The summed E-state index contributed by atoms with van der Waals surface area (Å²) in [6, 6.07) is 6.63. The van der Waals surface area contributed by atoms with Gasteiger partial charge in [-0.05, 0) is 42.9 Å². The van der Waals surface area contributed by atoms with Gasteiger partial charge in [0.15, 0.2) is 0 Å². The van der Waals surface area contributed by atoms with Gasteiger partial charge in [-0.25, -0.2) is 4.39 Å². The van der Waals surface area contributed by atoms with Gasteiger partial charge >= 0.3 is 0 Å². The van der Waals surface area contributed by atoms with Crippen molar-refractivity contribution in [2.24, 2.45) is 11.8 Å². The van der Waals surface area contributed by atoms with E-state index in [4.69, 9.17) is 5.26 Å². The minimum Gasteiger partial charge on any atom is -0.370 e. The quantitative estimate of drug-likeness (QED) is 0.741. The number of anilines is 1. The van der Waals surface area contributed by atoms with Crippen molar-refractivity contribution in [1.82, 2.24) is 0 Å². The fraction of sp³-hybridized carbons (Fsp3) is 0.500. The molecule has 1 heterocycles. The lowest BCUT2D eigenvalue weighted by atomic mass is 10.0. The van der Waals surface area contributed by atoms with E-state index in [9.17, 15) is 4.39 Å². The van der Waals surface area contributed by atoms with Gasteiger partial charge in [-0.3, -0.25) is 0 Å². The highest BCUT2D eigenvalue weighted by Gasteiger charge is 2.36. The lowest BCUT2D eigenvalue weighted by Gasteiger charge is -2.20. The normalized spacial score (nSPS) is 26.9. The third-order valence-corrected chi connectivity index (χ3v) is 4.15. The summed E-state index contributed by atoms with van der Waals surface area (Å²) in [6.45, 7) is 2.07. The minimum atomic E-state index is -0.329. The largest absolute Gasteiger partial charge is 0.370 e. The van der Waals surface area contributed by atoms with E-state index in [2.05, 4.69) is 11.0 Å². The summed E-state index contributed by atoms with van der Waals surface area (Å²) in [5, 5.41) is 9.06. The summed E-state index contributed by atoms with van der Waals surface area (Å²) in [5.41, 5.74) is 1.37. The summed E-state index contributed by atoms with van der Waals surface area (Å²) in [5.74, 6) is 1.24. The van der Waals surface area contributed by atoms with E-state index < -0.39 is 0 Å². The Labute approximate surface area is 101 Å². The van der Waals surface area contributed by atoms with Crippen LogP contribution in [0.25, 0.3) is 0 Å². The third-order valence-electron chi connectivity index (χ3n) is 4.15. The predicted molar refractivity (Wildman–Crippen MR) is 64.2 cm³/mol. The summed E-state index contributed by atoms with van der Waals surface area (Å²) in [4.78, 5) is 2.26. The molecule has 1 aliphatic heterocycles. The van der Waals surface area contributed by atoms with Crippen molar-refractivity contribution in [2.75, 3.05) is 18.0 Å². The molecule has 1 saturated heterocycles. The molecule has 17 heavy (non-hydrogen) atoms. The maximum absolute atomic E-state index is 13.1. The average molecular weight is 230 g/mol. The Morgan fingerprint density at radius 3 is 2.59 bits per heavy atom. The van der Waals surface area contributed by atoms with Crippen LogP contribution in [0.2, 0.25) is 0 Å². The first kappa shape index (κ1) is 10.6. The highest BCUT2D eigenvalue weighted by molar-refractivity contribution is 5.60. The first-order valence-corrected chi connectivity index (χ1v) is 6.22. The van der Waals surface area contributed by atoms with Crippen LogP contribution in [-0.4, -0.2) is 13.1 Å². The molecule has 0 radical (unpaired) electrons. The highest BCUT2D eigenvalue weighted by atomic mass is 19.1. The van der Waals surface area contributed by atoms with Crippen LogP contribution in [0.5, 0.6) is 0 Å². The first-order chi connectivity index (χ1) is 8.28. The molecular formula is C14H15FN2. The van der Waals surface area contributed by atoms with E-state index in [1.165, 1.54) is 31.4 Å². The van der Waals surface area contributed by atoms with E-state index >= 15 is 0 Å². The molecule has 1 aromatic rings. The van der Waals surface area contributed by atoms with Gasteiger partial charge in [0.05, 0.1) is 11.3 Å². The molecule has 3 rings (SSSR count). The number of hydrogen-bond acceptors (Lipinski definition) is 2. The lowest BCUT2D eigenvalue weighted by molar-refractivity contribution is 0.494. The number of halogens is 1. The molecule has 2 atom stereocenters. The molecule has 2 nitrogen and oxygen atoms in total. The van der Waals surface area contributed by atoms with E-state index in [0.29, 0.717) is 5.56 Å². The molecular weight excluding hydrogens is 215 g/mol. The Morgan fingerprint density at radius 2 is 1.94 bits per heavy atom. The summed E-state index contributed by atoms with van der Waals surface area (Å²) in [7, 11) is 0. The lowest BCUT2D eigenvalue weighted by Crippen LogP contribution is -2.21. The van der Waals surface area contributed by atoms with Crippen LogP contribution in [0.3, 0.4) is 0 Å². The highest BCUT2D eigenvalue weighted by Crippen LogP contribution is 2.40. The molecule has 2 unspecified atom stereocenters. The Balaban J connectivity index is 1.88. The molecule has 0 aromatic heterocycles. The standard InChI is InChI=1S/C14H15FN2/c15-13-4-5-14(12(6-13)7-16)17-8-10-2-1-3-11(10)9-17/h4-6,10-11H,1-3,8-9H2. The van der Waals surface area contributed by atoms with Crippen LogP contribution in [0.1, 0.15) is 24.8 Å². The second kappa shape index (κ2) is 4.03. The first-order valence-electron chi connectivity index (χ1n) is 6.22. The van der Waals surface area contributed by atoms with Crippen molar-refractivity contribution >= 4 is 5.69 Å². The fourth-order valence-electron chi connectivity index (χ4n) is 3.31. The number of hydrogen-bond donors (Lipinski definition) is 0. The Bertz CT molecular complexity index is 466. The summed E-state index contributed by atoms with van der Waals surface area (Å²) < 4.78 is 13.1. The van der Waals surface area contributed by atoms with Crippen LogP contribution in [0.4, 0.5) is 10.1 Å². The molecule has 0 amide bonds. The Morgan fingerprint density at radius 1 is 1.24 bits per heavy atom. The van der Waals surface area contributed by atoms with Gasteiger partial charge in [0.2, 0.25) is 0 Å². The van der Waals surface area contributed by atoms with Crippen molar-refractivity contribution < 1.29 is 4.39 Å². The average Bonchev–Trinajstić information content (AvgIpc) is 2.89. The second-order valence-electron chi connectivity index (χ2n) is 5.13. The Hall–Kier alpha value is -1.56. The van der Waals surface area contributed by atoms with Crippen molar-refractivity contribution in [1.29, 1.82) is 5.26 Å². The molecule has 88 valence electrons. The van der Waals surface area contributed by atoms with Crippen molar-refractivity contribution in [3.05, 3.63) is 29.6 Å². The molecule has 1 aliphatic carbocycles. The van der Waals surface area contributed by atoms with Gasteiger partial charge in [-0.1, -0.05) is 6.42 Å². The van der Waals surface area contributed by atoms with Crippen molar-refractivity contribution in [2.45, 2.75) is 19.3 Å². The van der Waals surface area contributed by atoms with Crippen LogP contribution in [-0.2, 0) is 0 Å². The van der Waals surface area contributed by atoms with Crippen LogP contribution in [0.15, 0.2) is 18.2 Å². The van der Waals surface area contributed by atoms with E-state index in [1.54, 1.807) is 6.07 Å². The summed E-state index contributed by atoms with van der Waals surface area (Å²) in [6.07, 6.45) is 3.96. The maximum Gasteiger partial charge on any atom is 0.124 e. The smallest absolute Gasteiger partial charge is 0.124 e. The van der Waals surface area contributed by atoms with Crippen molar-refractivity contribution in [3.8, 4) is 6.07 Å². The van der Waals surface area contributed by atoms with Gasteiger partial charge in [0.1, 0.15) is 11.9 Å². The van der Waals surface area contributed by atoms with Gasteiger partial charge in [0, 0.05) is 13.1 Å². The number of nitriles is 1. The number of nitrogens with zero attached hydrogens (tertiary/aromatic N) is 2. The summed E-state index contributed by atoms with van der Waals surface area (Å²) >= 11 is 0. The van der Waals surface area contributed by atoms with E-state index in [0.717, 1.165) is 30.6 Å². The maximum atomic E-state index is 13.1. The van der Waals surface area contributed by atoms with Gasteiger partial charge in [0.25, 0.3) is 0 Å². The Kier molecular flexibility index (Phi) is 2.51. The SMILES string of the molecule is N#Cc1cc(F)ccc1N1CC2CCCC2C1. The van der Waals surface area contributed by atoms with Gasteiger partial charge in [-0.15, -0.1) is 0 Å². The fourth-order valence-corrected chi connectivity index (χ4v) is 3.31. The van der Waals surface area contributed by atoms with Crippen LogP contribution in [0, 0.1) is 29.0 Å². The number of fused-ring (bicyclic) bond motifs is 1. The topological polar surface area (TPSA) is 27.0 Å². The van der Waals surface area contributed by atoms with Gasteiger partial charge < -0.3 is 4.90 Å². The molecule has 0 spiro atoms. The van der Waals surface area contributed by atoms with Gasteiger partial charge in [-0.2, -0.15) is 5.26 Å². The van der Waals surface area contributed by atoms with Crippen LogP contribution < -0.4 is 4.90 Å². The molecule has 2 fully saturated rings. The van der Waals surface area contributed by atoms with Crippen LogP contribution >= 0.6 is 0 Å². The monoisotopic (exact) mass is 230 g/mol. The molecule has 3 heteroatoms. The molecule has 2 aliphatic rings. The molecule has 1 saturated carbocycles. The van der Waals surface area contributed by atoms with E-state index in [-0.39, 0.29) is 5.82 Å². The third kappa shape index (κ3) is 1.78. The molecule has 0 bridgehead atoms. The zero-order chi connectivity index (χ0) is 11.8. The minimum absolute atomic E-state index is 0.329. The van der Waals surface area contributed by atoms with E-state index in [1.807, 2.05) is 0 Å². The zero-order valence-corrected chi connectivity index (χ0v) is 9.69. The molecule has 0 N–H and O–H groups in total. The number of benzene rings is 1. The zero-order valence-electron chi connectivity index (χ0n) is 9.69. The second-order valence-corrected chi connectivity index (χ2v) is 5.13. The predicted octanol–water partition coefficient (Wildman–Crippen LogP) is 2.93. The van der Waals surface area contributed by atoms with Crippen molar-refractivity contribution in [3.63, 3.8) is 0 Å². The molecule has 1 aromatic carbocycles.